The van der Waals surface area contributed by atoms with Crippen LogP contribution in [0.25, 0.3) is 16.3 Å². The molecule has 1 aliphatic carbocycles. The summed E-state index contributed by atoms with van der Waals surface area (Å²) in [6, 6.07) is 7.62. The van der Waals surface area contributed by atoms with Crippen molar-refractivity contribution >= 4 is 22.3 Å². The molecular weight excluding hydrogens is 279 g/mol. The summed E-state index contributed by atoms with van der Waals surface area (Å²) in [6.07, 6.45) is 8.22. The third kappa shape index (κ3) is 2.11. The van der Waals surface area contributed by atoms with E-state index in [1.165, 1.54) is 6.08 Å². The number of pyridine rings is 1. The van der Waals surface area contributed by atoms with Gasteiger partial charge in [-0.05, 0) is 17.9 Å². The summed E-state index contributed by atoms with van der Waals surface area (Å²) >= 11 is 0. The highest BCUT2D eigenvalue weighted by atomic mass is 19.1. The Bertz CT molecular complexity index is 819. The van der Waals surface area contributed by atoms with Gasteiger partial charge in [-0.3, -0.25) is 9.78 Å². The Kier molecular flexibility index (Phi) is 3.03. The number of allylic oxidation sites excluding steroid dienone is 2. The first-order valence-corrected chi connectivity index (χ1v) is 7.44. The normalized spacial score (nSPS) is 24.3. The monoisotopic (exact) mass is 294 g/mol. The first-order valence-electron chi connectivity index (χ1n) is 7.44. The minimum atomic E-state index is -0.290. The Morgan fingerprint density at radius 3 is 2.95 bits per heavy atom. The van der Waals surface area contributed by atoms with Crippen LogP contribution in [0.4, 0.5) is 4.39 Å². The van der Waals surface area contributed by atoms with E-state index in [4.69, 9.17) is 0 Å². The van der Waals surface area contributed by atoms with E-state index in [1.807, 2.05) is 30.3 Å². The summed E-state index contributed by atoms with van der Waals surface area (Å²) < 4.78 is 14.6. The second-order valence-corrected chi connectivity index (χ2v) is 5.80. The van der Waals surface area contributed by atoms with Crippen LogP contribution in [0.15, 0.2) is 54.6 Å². The number of carbonyl (C=O) groups excluding carboxylic acids is 1. The molecule has 4 heteroatoms. The fraction of sp³-hybridized carbons (Fsp3) is 0.222. The number of carbonyl (C=O) groups is 1. The van der Waals surface area contributed by atoms with E-state index < -0.39 is 0 Å². The Morgan fingerprint density at radius 1 is 1.18 bits per heavy atom. The van der Waals surface area contributed by atoms with E-state index in [1.54, 1.807) is 12.4 Å². The Balaban J connectivity index is 1.82. The van der Waals surface area contributed by atoms with E-state index in [-0.39, 0.29) is 23.7 Å². The molecule has 2 aliphatic rings. The molecule has 1 amide bonds. The summed E-state index contributed by atoms with van der Waals surface area (Å²) in [5.41, 5.74) is 1.39. The molecule has 22 heavy (non-hydrogen) atoms. The third-order valence-corrected chi connectivity index (χ3v) is 4.42. The van der Waals surface area contributed by atoms with Crippen LogP contribution in [0.1, 0.15) is 18.4 Å². The van der Waals surface area contributed by atoms with Gasteiger partial charge < -0.3 is 5.32 Å². The summed E-state index contributed by atoms with van der Waals surface area (Å²) in [5, 5.41) is 4.83. The lowest BCUT2D eigenvalue weighted by molar-refractivity contribution is -0.123. The predicted octanol–water partition coefficient (Wildman–Crippen LogP) is 3.38. The number of nitrogens with zero attached hydrogens (tertiary/aromatic N) is 1. The van der Waals surface area contributed by atoms with Crippen LogP contribution in [-0.4, -0.2) is 16.9 Å². The zero-order chi connectivity index (χ0) is 15.1. The Hall–Kier alpha value is -2.49. The molecule has 1 N–H and O–H groups in total. The molecule has 1 aromatic carbocycles. The van der Waals surface area contributed by atoms with Crippen molar-refractivity contribution in [1.29, 1.82) is 0 Å². The lowest BCUT2D eigenvalue weighted by Gasteiger charge is -2.31. The number of benzene rings is 1. The lowest BCUT2D eigenvalue weighted by Crippen LogP contribution is -2.44. The van der Waals surface area contributed by atoms with Crippen molar-refractivity contribution in [3.63, 3.8) is 0 Å². The van der Waals surface area contributed by atoms with Crippen LogP contribution >= 0.6 is 0 Å². The van der Waals surface area contributed by atoms with E-state index >= 15 is 0 Å². The molecule has 2 unspecified atom stereocenters. The topological polar surface area (TPSA) is 42.0 Å². The average Bonchev–Trinajstić information content (AvgIpc) is 2.54. The highest BCUT2D eigenvalue weighted by Gasteiger charge is 2.31. The van der Waals surface area contributed by atoms with Crippen molar-refractivity contribution in [2.45, 2.75) is 18.9 Å². The number of rotatable bonds is 1. The fourth-order valence-corrected chi connectivity index (χ4v) is 3.29. The van der Waals surface area contributed by atoms with Gasteiger partial charge in [0.15, 0.2) is 0 Å². The van der Waals surface area contributed by atoms with Gasteiger partial charge in [0.2, 0.25) is 5.91 Å². The van der Waals surface area contributed by atoms with Gasteiger partial charge in [0.25, 0.3) is 0 Å². The van der Waals surface area contributed by atoms with Crippen molar-refractivity contribution in [3.05, 3.63) is 60.2 Å². The van der Waals surface area contributed by atoms with Crippen LogP contribution in [-0.2, 0) is 4.79 Å². The highest BCUT2D eigenvalue weighted by molar-refractivity contribution is 5.96. The van der Waals surface area contributed by atoms with Gasteiger partial charge in [0.1, 0.15) is 5.83 Å². The number of nitrogens with one attached hydrogen (secondary N) is 1. The molecule has 110 valence electrons. The van der Waals surface area contributed by atoms with Gasteiger partial charge in [0.05, 0.1) is 6.04 Å². The largest absolute Gasteiger partial charge is 0.349 e. The minimum absolute atomic E-state index is 0.00558. The zero-order valence-corrected chi connectivity index (χ0v) is 11.9. The van der Waals surface area contributed by atoms with Crippen LogP contribution in [0.2, 0.25) is 0 Å². The number of amides is 1. The molecule has 4 rings (SSSR count). The van der Waals surface area contributed by atoms with Gasteiger partial charge in [-0.2, -0.15) is 0 Å². The maximum atomic E-state index is 14.6. The smallest absolute Gasteiger partial charge is 0.220 e. The van der Waals surface area contributed by atoms with Gasteiger partial charge in [-0.25, -0.2) is 4.39 Å². The number of fused-ring (bicyclic) bond motifs is 2. The maximum Gasteiger partial charge on any atom is 0.220 e. The first kappa shape index (κ1) is 13.2. The van der Waals surface area contributed by atoms with Gasteiger partial charge in [-0.15, -0.1) is 0 Å². The second-order valence-electron chi connectivity index (χ2n) is 5.80. The average molecular weight is 294 g/mol. The highest BCUT2D eigenvalue weighted by Crippen LogP contribution is 2.37. The maximum absolute atomic E-state index is 14.6. The second kappa shape index (κ2) is 5.05. The van der Waals surface area contributed by atoms with Crippen LogP contribution < -0.4 is 5.32 Å². The molecule has 1 aliphatic heterocycles. The van der Waals surface area contributed by atoms with Crippen LogP contribution in [0.3, 0.4) is 0 Å². The molecule has 0 saturated carbocycles. The van der Waals surface area contributed by atoms with Gasteiger partial charge >= 0.3 is 0 Å². The molecular formula is C18H15FN2O. The van der Waals surface area contributed by atoms with Crippen molar-refractivity contribution in [2.75, 3.05) is 0 Å². The van der Waals surface area contributed by atoms with E-state index in [0.717, 1.165) is 22.8 Å². The minimum Gasteiger partial charge on any atom is -0.349 e. The van der Waals surface area contributed by atoms with Gasteiger partial charge in [-0.1, -0.05) is 30.3 Å². The van der Waals surface area contributed by atoms with Crippen molar-refractivity contribution < 1.29 is 9.18 Å². The Labute approximate surface area is 127 Å². The van der Waals surface area contributed by atoms with Gasteiger partial charge in [0, 0.05) is 41.3 Å². The van der Waals surface area contributed by atoms with Crippen molar-refractivity contribution in [1.82, 2.24) is 10.3 Å². The number of halogens is 1. The summed E-state index contributed by atoms with van der Waals surface area (Å²) in [5.74, 6) is -0.151. The molecule has 2 aromatic rings. The zero-order valence-electron chi connectivity index (χ0n) is 11.9. The van der Waals surface area contributed by atoms with Crippen LogP contribution in [0.5, 0.6) is 0 Å². The molecule has 0 spiro atoms. The summed E-state index contributed by atoms with van der Waals surface area (Å²) in [6.45, 7) is 0. The third-order valence-electron chi connectivity index (χ3n) is 4.42. The first-order chi connectivity index (χ1) is 10.7. The van der Waals surface area contributed by atoms with E-state index in [0.29, 0.717) is 12.0 Å². The molecule has 3 nitrogen and oxygen atoms in total. The molecule has 0 bridgehead atoms. The molecule has 2 heterocycles. The van der Waals surface area contributed by atoms with Crippen LogP contribution in [0, 0.1) is 5.92 Å². The number of piperidine rings is 1. The molecule has 1 saturated heterocycles. The SMILES string of the molecule is O=C1CCC2C=C(c3cncc4ccccc34)C(F)=CC2N1. The molecule has 0 radical (unpaired) electrons. The predicted molar refractivity (Wildman–Crippen MR) is 83.6 cm³/mol. The molecule has 1 fully saturated rings. The van der Waals surface area contributed by atoms with E-state index in [2.05, 4.69) is 10.3 Å². The molecule has 1 aromatic heterocycles. The summed E-state index contributed by atoms with van der Waals surface area (Å²) in [7, 11) is 0. The summed E-state index contributed by atoms with van der Waals surface area (Å²) in [4.78, 5) is 15.7. The number of aromatic nitrogens is 1. The lowest BCUT2D eigenvalue weighted by atomic mass is 9.82. The van der Waals surface area contributed by atoms with Crippen molar-refractivity contribution in [3.8, 4) is 0 Å². The fourth-order valence-electron chi connectivity index (χ4n) is 3.29. The number of hydrogen-bond donors (Lipinski definition) is 1. The number of hydrogen-bond acceptors (Lipinski definition) is 2. The Morgan fingerprint density at radius 2 is 2.05 bits per heavy atom. The van der Waals surface area contributed by atoms with E-state index in [9.17, 15) is 9.18 Å². The van der Waals surface area contributed by atoms with Crippen molar-refractivity contribution in [2.24, 2.45) is 5.92 Å². The molecule has 2 atom stereocenters. The standard InChI is InChI=1S/C18H15FN2O/c19-16-8-17-11(5-6-18(22)21-17)7-14(16)15-10-20-9-12-3-1-2-4-13(12)15/h1-4,7-11,17H,5-6H2,(H,21,22). The quantitative estimate of drug-likeness (QED) is 0.876.